The second-order valence-electron chi connectivity index (χ2n) is 7.53. The van der Waals surface area contributed by atoms with Gasteiger partial charge in [-0.05, 0) is 61.4 Å². The van der Waals surface area contributed by atoms with E-state index in [2.05, 4.69) is 20.2 Å². The van der Waals surface area contributed by atoms with Crippen LogP contribution in [0.2, 0.25) is 0 Å². The third-order valence-electron chi connectivity index (χ3n) is 5.53. The Hall–Kier alpha value is -3.75. The van der Waals surface area contributed by atoms with E-state index >= 15 is 0 Å². The molecule has 0 saturated carbocycles. The summed E-state index contributed by atoms with van der Waals surface area (Å²) in [5.41, 5.74) is 3.74. The van der Waals surface area contributed by atoms with Gasteiger partial charge in [0.2, 0.25) is 11.6 Å². The Kier molecular flexibility index (Phi) is 5.66. The summed E-state index contributed by atoms with van der Waals surface area (Å²) >= 11 is 0. The molecule has 0 unspecified atom stereocenters. The summed E-state index contributed by atoms with van der Waals surface area (Å²) < 4.78 is 13.2. The number of hydrogen-bond donors (Lipinski definition) is 1. The summed E-state index contributed by atoms with van der Waals surface area (Å²) in [6.07, 6.45) is 1.35. The second kappa shape index (κ2) is 8.55. The lowest BCUT2D eigenvalue weighted by atomic mass is 10.1. The van der Waals surface area contributed by atoms with E-state index in [1.807, 2.05) is 36.9 Å². The maximum absolute atomic E-state index is 13.2. The lowest BCUT2D eigenvalue weighted by molar-refractivity contribution is -0.383. The summed E-state index contributed by atoms with van der Waals surface area (Å²) in [6, 6.07) is 12.1. The van der Waals surface area contributed by atoms with Crippen molar-refractivity contribution >= 4 is 28.7 Å². The highest BCUT2D eigenvalue weighted by Gasteiger charge is 2.29. The van der Waals surface area contributed by atoms with Crippen LogP contribution in [0.1, 0.15) is 11.1 Å². The Morgan fingerprint density at radius 3 is 2.29 bits per heavy atom. The SMILES string of the molecule is Cc1ccc(Nc2ncnc(N3CCN(c4ccc(F)cc4)CC3)c2[N+](=O)[O-])cc1C. The van der Waals surface area contributed by atoms with E-state index in [0.717, 1.165) is 22.5 Å². The van der Waals surface area contributed by atoms with Crippen LogP contribution < -0.4 is 15.1 Å². The maximum atomic E-state index is 13.2. The molecule has 0 amide bonds. The molecular weight excluding hydrogens is 399 g/mol. The van der Waals surface area contributed by atoms with Crippen molar-refractivity contribution in [1.82, 2.24) is 9.97 Å². The molecule has 160 valence electrons. The molecule has 0 atom stereocenters. The second-order valence-corrected chi connectivity index (χ2v) is 7.53. The predicted octanol–water partition coefficient (Wildman–Crippen LogP) is 4.21. The van der Waals surface area contributed by atoms with Crippen LogP contribution in [-0.2, 0) is 0 Å². The molecule has 1 saturated heterocycles. The minimum atomic E-state index is -0.439. The quantitative estimate of drug-likeness (QED) is 0.487. The lowest BCUT2D eigenvalue weighted by Crippen LogP contribution is -2.47. The van der Waals surface area contributed by atoms with E-state index in [1.54, 1.807) is 12.1 Å². The Morgan fingerprint density at radius 1 is 0.968 bits per heavy atom. The van der Waals surface area contributed by atoms with Gasteiger partial charge in [-0.1, -0.05) is 6.07 Å². The molecule has 1 aliphatic heterocycles. The number of piperazine rings is 1. The fraction of sp³-hybridized carbons (Fsp3) is 0.273. The fourth-order valence-electron chi connectivity index (χ4n) is 3.64. The fourth-order valence-corrected chi connectivity index (χ4v) is 3.64. The first kappa shape index (κ1) is 20.5. The number of nitro groups is 1. The van der Waals surface area contributed by atoms with Gasteiger partial charge < -0.3 is 15.1 Å². The highest BCUT2D eigenvalue weighted by atomic mass is 19.1. The van der Waals surface area contributed by atoms with Gasteiger partial charge in [0.15, 0.2) is 0 Å². The van der Waals surface area contributed by atoms with E-state index in [0.29, 0.717) is 32.0 Å². The van der Waals surface area contributed by atoms with Gasteiger partial charge in [0.05, 0.1) is 4.92 Å². The molecule has 1 aliphatic rings. The van der Waals surface area contributed by atoms with Crippen LogP contribution >= 0.6 is 0 Å². The van der Waals surface area contributed by atoms with Gasteiger partial charge in [-0.15, -0.1) is 0 Å². The third-order valence-corrected chi connectivity index (χ3v) is 5.53. The number of aryl methyl sites for hydroxylation is 2. The van der Waals surface area contributed by atoms with Crippen LogP contribution in [0.3, 0.4) is 0 Å². The number of hydrogen-bond acceptors (Lipinski definition) is 7. The zero-order chi connectivity index (χ0) is 22.0. The van der Waals surface area contributed by atoms with E-state index in [9.17, 15) is 14.5 Å². The average molecular weight is 422 g/mol. The molecule has 0 bridgehead atoms. The van der Waals surface area contributed by atoms with E-state index in [-0.39, 0.29) is 17.3 Å². The van der Waals surface area contributed by atoms with Crippen molar-refractivity contribution < 1.29 is 9.31 Å². The molecule has 1 aromatic heterocycles. The molecule has 0 radical (unpaired) electrons. The van der Waals surface area contributed by atoms with Gasteiger partial charge >= 0.3 is 5.69 Å². The number of benzene rings is 2. The monoisotopic (exact) mass is 422 g/mol. The maximum Gasteiger partial charge on any atom is 0.353 e. The van der Waals surface area contributed by atoms with Crippen molar-refractivity contribution in [2.45, 2.75) is 13.8 Å². The lowest BCUT2D eigenvalue weighted by Gasteiger charge is -2.36. The Bertz CT molecular complexity index is 1100. The third kappa shape index (κ3) is 4.40. The zero-order valence-corrected chi connectivity index (χ0v) is 17.4. The van der Waals surface area contributed by atoms with Crippen LogP contribution in [0.25, 0.3) is 0 Å². The van der Waals surface area contributed by atoms with Crippen LogP contribution in [0.15, 0.2) is 48.8 Å². The normalized spacial score (nSPS) is 13.9. The van der Waals surface area contributed by atoms with Gasteiger partial charge in [-0.3, -0.25) is 10.1 Å². The first-order chi connectivity index (χ1) is 14.9. The molecule has 0 aliphatic carbocycles. The molecule has 9 heteroatoms. The Morgan fingerprint density at radius 2 is 1.65 bits per heavy atom. The number of nitrogens with one attached hydrogen (secondary N) is 1. The molecule has 8 nitrogen and oxygen atoms in total. The van der Waals surface area contributed by atoms with Crippen molar-refractivity contribution in [2.24, 2.45) is 0 Å². The summed E-state index contributed by atoms with van der Waals surface area (Å²) in [6.45, 7) is 6.40. The number of nitrogens with zero attached hydrogens (tertiary/aromatic N) is 5. The van der Waals surface area contributed by atoms with Crippen molar-refractivity contribution in [3.8, 4) is 0 Å². The van der Waals surface area contributed by atoms with Crippen molar-refractivity contribution in [3.05, 3.63) is 75.9 Å². The van der Waals surface area contributed by atoms with Crippen molar-refractivity contribution in [2.75, 3.05) is 41.3 Å². The molecule has 1 N–H and O–H groups in total. The van der Waals surface area contributed by atoms with E-state index in [4.69, 9.17) is 0 Å². The number of rotatable bonds is 5. The molecule has 3 aromatic rings. The number of halogens is 1. The van der Waals surface area contributed by atoms with Crippen molar-refractivity contribution in [1.29, 1.82) is 0 Å². The zero-order valence-electron chi connectivity index (χ0n) is 17.4. The molecule has 2 aromatic carbocycles. The molecule has 2 heterocycles. The first-order valence-electron chi connectivity index (χ1n) is 10.0. The van der Waals surface area contributed by atoms with Gasteiger partial charge in [0.25, 0.3) is 0 Å². The summed E-state index contributed by atoms with van der Waals surface area (Å²) in [5.74, 6) is 0.187. The highest BCUT2D eigenvalue weighted by Crippen LogP contribution is 2.34. The van der Waals surface area contributed by atoms with Gasteiger partial charge in [-0.2, -0.15) is 0 Å². The van der Waals surface area contributed by atoms with Crippen LogP contribution in [0, 0.1) is 29.8 Å². The highest BCUT2D eigenvalue weighted by molar-refractivity contribution is 5.75. The van der Waals surface area contributed by atoms with Crippen LogP contribution in [0.5, 0.6) is 0 Å². The topological polar surface area (TPSA) is 87.4 Å². The molecule has 31 heavy (non-hydrogen) atoms. The van der Waals surface area contributed by atoms with Crippen molar-refractivity contribution in [3.63, 3.8) is 0 Å². The Balaban J connectivity index is 1.56. The van der Waals surface area contributed by atoms with Gasteiger partial charge in [0, 0.05) is 37.6 Å². The van der Waals surface area contributed by atoms with Gasteiger partial charge in [-0.25, -0.2) is 14.4 Å². The minimum Gasteiger partial charge on any atom is -0.368 e. The molecule has 1 fully saturated rings. The van der Waals surface area contributed by atoms with E-state index < -0.39 is 4.92 Å². The van der Waals surface area contributed by atoms with Crippen LogP contribution in [-0.4, -0.2) is 41.1 Å². The largest absolute Gasteiger partial charge is 0.368 e. The Labute approximate surface area is 179 Å². The molecular formula is C22H23FN6O2. The summed E-state index contributed by atoms with van der Waals surface area (Å²) in [4.78, 5) is 23.9. The smallest absolute Gasteiger partial charge is 0.353 e. The average Bonchev–Trinajstić information content (AvgIpc) is 2.77. The standard InChI is InChI=1S/C22H23FN6O2/c1-15-3-6-18(13-16(15)2)26-21-20(29(30)31)22(25-14-24-21)28-11-9-27(10-12-28)19-7-4-17(23)5-8-19/h3-8,13-14H,9-12H2,1-2H3,(H,24,25,26). The predicted molar refractivity (Wildman–Crippen MR) is 119 cm³/mol. The molecule has 4 rings (SSSR count). The number of anilines is 4. The minimum absolute atomic E-state index is 0.143. The first-order valence-corrected chi connectivity index (χ1v) is 10.0. The molecule has 0 spiro atoms. The van der Waals surface area contributed by atoms with E-state index in [1.165, 1.54) is 18.5 Å². The summed E-state index contributed by atoms with van der Waals surface area (Å²) in [7, 11) is 0. The van der Waals surface area contributed by atoms with Crippen LogP contribution in [0.4, 0.5) is 33.1 Å². The number of aromatic nitrogens is 2. The van der Waals surface area contributed by atoms with Gasteiger partial charge in [0.1, 0.15) is 12.1 Å². The summed E-state index contributed by atoms with van der Waals surface area (Å²) in [5, 5.41) is 15.0.